The molecule has 25 heavy (non-hydrogen) atoms. The maximum atomic E-state index is 12.3. The number of hydrogen-bond acceptors (Lipinski definition) is 3. The number of rotatable bonds is 6. The number of hydrogen-bond donors (Lipinski definition) is 1. The van der Waals surface area contributed by atoms with E-state index in [9.17, 15) is 14.4 Å². The topological polar surface area (TPSA) is 66.5 Å². The number of carbonyl (C=O) groups is 3. The van der Waals surface area contributed by atoms with Crippen molar-refractivity contribution < 1.29 is 14.4 Å². The van der Waals surface area contributed by atoms with Crippen molar-refractivity contribution in [1.29, 1.82) is 0 Å². The molecule has 1 unspecified atom stereocenters. The second-order valence-corrected chi connectivity index (χ2v) is 7.22. The van der Waals surface area contributed by atoms with Gasteiger partial charge in [0.15, 0.2) is 5.78 Å². The van der Waals surface area contributed by atoms with Crippen LogP contribution in [0.4, 0.5) is 0 Å². The molecule has 0 spiro atoms. The van der Waals surface area contributed by atoms with Crippen LogP contribution in [-0.2, 0) is 9.59 Å². The van der Waals surface area contributed by atoms with Crippen LogP contribution in [0.3, 0.4) is 0 Å². The maximum Gasteiger partial charge on any atom is 0.237 e. The number of piperidine rings is 1. The molecule has 1 aromatic carbocycles. The number of amides is 2. The standard InChI is InChI=1S/C19H25ClN2O3/c1-13-3-5-15(6-4-13)17(23)7-8-18(24)22-11-9-16(10-12-22)21-19(25)14(2)20/h3-6,14,16H,7-12H2,1-2H3,(H,21,25). The molecule has 2 rings (SSSR count). The van der Waals surface area contributed by atoms with Gasteiger partial charge >= 0.3 is 0 Å². The third kappa shape index (κ3) is 5.85. The number of likely N-dealkylation sites (tertiary alicyclic amines) is 1. The summed E-state index contributed by atoms with van der Waals surface area (Å²) in [5, 5.41) is 2.34. The summed E-state index contributed by atoms with van der Waals surface area (Å²) in [4.78, 5) is 37.8. The van der Waals surface area contributed by atoms with Gasteiger partial charge in [0.1, 0.15) is 5.38 Å². The van der Waals surface area contributed by atoms with E-state index in [2.05, 4.69) is 5.32 Å². The van der Waals surface area contributed by atoms with Gasteiger partial charge in [-0.15, -0.1) is 11.6 Å². The highest BCUT2D eigenvalue weighted by Gasteiger charge is 2.25. The van der Waals surface area contributed by atoms with Crippen molar-refractivity contribution in [3.63, 3.8) is 0 Å². The number of benzene rings is 1. The van der Waals surface area contributed by atoms with Gasteiger partial charge in [-0.1, -0.05) is 29.8 Å². The van der Waals surface area contributed by atoms with Gasteiger partial charge in [-0.2, -0.15) is 0 Å². The number of aryl methyl sites for hydroxylation is 1. The number of carbonyl (C=O) groups excluding carboxylic acids is 3. The molecule has 0 radical (unpaired) electrons. The smallest absolute Gasteiger partial charge is 0.237 e. The Hall–Kier alpha value is -1.88. The average molecular weight is 365 g/mol. The number of nitrogens with zero attached hydrogens (tertiary/aromatic N) is 1. The number of alkyl halides is 1. The minimum absolute atomic E-state index is 0.00375. The van der Waals surface area contributed by atoms with Crippen molar-refractivity contribution in [3.05, 3.63) is 35.4 Å². The molecule has 5 nitrogen and oxygen atoms in total. The number of nitrogens with one attached hydrogen (secondary N) is 1. The Balaban J connectivity index is 1.74. The van der Waals surface area contributed by atoms with Crippen LogP contribution < -0.4 is 5.32 Å². The molecular weight excluding hydrogens is 340 g/mol. The molecule has 0 aromatic heterocycles. The van der Waals surface area contributed by atoms with E-state index in [1.807, 2.05) is 19.1 Å². The monoisotopic (exact) mass is 364 g/mol. The van der Waals surface area contributed by atoms with Crippen molar-refractivity contribution in [3.8, 4) is 0 Å². The zero-order valence-electron chi connectivity index (χ0n) is 14.8. The Morgan fingerprint density at radius 2 is 1.76 bits per heavy atom. The minimum Gasteiger partial charge on any atom is -0.352 e. The van der Waals surface area contributed by atoms with Crippen LogP contribution in [-0.4, -0.2) is 47.0 Å². The first kappa shape index (κ1) is 19.4. The number of Topliss-reactive ketones (excluding diaryl/α,β-unsaturated/α-hetero) is 1. The largest absolute Gasteiger partial charge is 0.352 e. The van der Waals surface area contributed by atoms with E-state index in [0.717, 1.165) is 5.56 Å². The van der Waals surface area contributed by atoms with Crippen molar-refractivity contribution in [1.82, 2.24) is 10.2 Å². The van der Waals surface area contributed by atoms with Gasteiger partial charge in [0.25, 0.3) is 0 Å². The first-order valence-corrected chi connectivity index (χ1v) is 9.12. The Morgan fingerprint density at radius 1 is 1.16 bits per heavy atom. The van der Waals surface area contributed by atoms with Crippen LogP contribution in [0.5, 0.6) is 0 Å². The molecule has 1 heterocycles. The quantitative estimate of drug-likeness (QED) is 0.623. The molecule has 1 fully saturated rings. The van der Waals surface area contributed by atoms with Crippen LogP contribution in [0.25, 0.3) is 0 Å². The Kier molecular flexibility index (Phi) is 7.00. The number of halogens is 1. The summed E-state index contributed by atoms with van der Waals surface area (Å²) in [6.45, 7) is 4.80. The fourth-order valence-electron chi connectivity index (χ4n) is 2.85. The first-order valence-electron chi connectivity index (χ1n) is 8.69. The van der Waals surface area contributed by atoms with Crippen LogP contribution in [0, 0.1) is 6.92 Å². The lowest BCUT2D eigenvalue weighted by Gasteiger charge is -2.32. The van der Waals surface area contributed by atoms with E-state index in [1.165, 1.54) is 0 Å². The van der Waals surface area contributed by atoms with Gasteiger partial charge in [0, 0.05) is 37.5 Å². The van der Waals surface area contributed by atoms with E-state index in [1.54, 1.807) is 24.0 Å². The van der Waals surface area contributed by atoms with Gasteiger partial charge in [-0.25, -0.2) is 0 Å². The van der Waals surface area contributed by atoms with E-state index < -0.39 is 5.38 Å². The van der Waals surface area contributed by atoms with Crippen molar-refractivity contribution in [2.24, 2.45) is 0 Å². The summed E-state index contributed by atoms with van der Waals surface area (Å²) in [6.07, 6.45) is 1.88. The lowest BCUT2D eigenvalue weighted by atomic mass is 10.0. The van der Waals surface area contributed by atoms with E-state index in [-0.39, 0.29) is 36.5 Å². The Bertz CT molecular complexity index is 620. The first-order chi connectivity index (χ1) is 11.9. The lowest BCUT2D eigenvalue weighted by molar-refractivity contribution is -0.132. The molecule has 0 saturated carbocycles. The van der Waals surface area contributed by atoms with Gasteiger partial charge < -0.3 is 10.2 Å². The molecule has 1 saturated heterocycles. The fraction of sp³-hybridized carbons (Fsp3) is 0.526. The van der Waals surface area contributed by atoms with Crippen molar-refractivity contribution >= 4 is 29.2 Å². The second-order valence-electron chi connectivity index (χ2n) is 6.57. The molecule has 1 aliphatic heterocycles. The summed E-state index contributed by atoms with van der Waals surface area (Å²) >= 11 is 5.75. The predicted molar refractivity (Wildman–Crippen MR) is 97.8 cm³/mol. The summed E-state index contributed by atoms with van der Waals surface area (Å²) in [6, 6.07) is 7.46. The highest BCUT2D eigenvalue weighted by molar-refractivity contribution is 6.30. The fourth-order valence-corrected chi connectivity index (χ4v) is 2.91. The molecule has 1 aromatic rings. The van der Waals surface area contributed by atoms with Crippen molar-refractivity contribution in [2.75, 3.05) is 13.1 Å². The molecule has 136 valence electrons. The third-order valence-corrected chi connectivity index (χ3v) is 4.69. The zero-order valence-corrected chi connectivity index (χ0v) is 15.5. The normalized spacial score (nSPS) is 16.4. The highest BCUT2D eigenvalue weighted by Crippen LogP contribution is 2.14. The van der Waals surface area contributed by atoms with Gasteiger partial charge in [0.05, 0.1) is 0 Å². The van der Waals surface area contributed by atoms with Gasteiger partial charge in [-0.3, -0.25) is 14.4 Å². The second kappa shape index (κ2) is 8.99. The van der Waals surface area contributed by atoms with Gasteiger partial charge in [0.2, 0.25) is 11.8 Å². The Morgan fingerprint density at radius 3 is 2.32 bits per heavy atom. The molecule has 1 aliphatic rings. The predicted octanol–water partition coefficient (Wildman–Crippen LogP) is 2.69. The zero-order chi connectivity index (χ0) is 18.4. The van der Waals surface area contributed by atoms with E-state index >= 15 is 0 Å². The summed E-state index contributed by atoms with van der Waals surface area (Å²) < 4.78 is 0. The van der Waals surface area contributed by atoms with Crippen molar-refractivity contribution in [2.45, 2.75) is 50.9 Å². The molecule has 6 heteroatoms. The molecule has 1 atom stereocenters. The molecule has 2 amide bonds. The minimum atomic E-state index is -0.549. The number of ketones is 1. The van der Waals surface area contributed by atoms with Crippen LogP contribution in [0.2, 0.25) is 0 Å². The maximum absolute atomic E-state index is 12.3. The van der Waals surface area contributed by atoms with Crippen LogP contribution in [0.1, 0.15) is 48.5 Å². The SMILES string of the molecule is Cc1ccc(C(=O)CCC(=O)N2CCC(NC(=O)C(C)Cl)CC2)cc1. The van der Waals surface area contributed by atoms with Crippen LogP contribution in [0.15, 0.2) is 24.3 Å². The lowest BCUT2D eigenvalue weighted by Crippen LogP contribution is -2.47. The summed E-state index contributed by atoms with van der Waals surface area (Å²) in [5.41, 5.74) is 1.75. The summed E-state index contributed by atoms with van der Waals surface area (Å²) in [5.74, 6) is -0.183. The van der Waals surface area contributed by atoms with E-state index in [4.69, 9.17) is 11.6 Å². The summed E-state index contributed by atoms with van der Waals surface area (Å²) in [7, 11) is 0. The third-order valence-electron chi connectivity index (χ3n) is 4.49. The molecule has 1 N–H and O–H groups in total. The molecule has 0 bridgehead atoms. The molecular formula is C19H25ClN2O3. The average Bonchev–Trinajstić information content (AvgIpc) is 2.60. The Labute approximate surface area is 153 Å². The highest BCUT2D eigenvalue weighted by atomic mass is 35.5. The van der Waals surface area contributed by atoms with Gasteiger partial charge in [-0.05, 0) is 26.7 Å². The van der Waals surface area contributed by atoms with Crippen LogP contribution >= 0.6 is 11.6 Å². The van der Waals surface area contributed by atoms with E-state index in [0.29, 0.717) is 31.5 Å². The molecule has 0 aliphatic carbocycles.